The van der Waals surface area contributed by atoms with E-state index in [1.54, 1.807) is 55.5 Å². The van der Waals surface area contributed by atoms with Crippen molar-refractivity contribution in [2.24, 2.45) is 5.92 Å². The summed E-state index contributed by atoms with van der Waals surface area (Å²) in [6.07, 6.45) is 2.02. The molecule has 0 aliphatic carbocycles. The van der Waals surface area contributed by atoms with Gasteiger partial charge in [-0.3, -0.25) is 9.59 Å². The number of carbonyl (C=O) groups excluding carboxylic acids is 3. The molecular formula is C23H26N2O4. The first-order chi connectivity index (χ1) is 14.0. The molecular weight excluding hydrogens is 368 g/mol. The maximum absolute atomic E-state index is 12.7. The lowest BCUT2D eigenvalue weighted by Gasteiger charge is -2.30. The van der Waals surface area contributed by atoms with Crippen molar-refractivity contribution in [2.75, 3.05) is 25.0 Å². The van der Waals surface area contributed by atoms with Gasteiger partial charge in [-0.15, -0.1) is 0 Å². The Morgan fingerprint density at radius 3 is 2.31 bits per heavy atom. The molecule has 0 aromatic heterocycles. The first-order valence-corrected chi connectivity index (χ1v) is 9.95. The van der Waals surface area contributed by atoms with Crippen LogP contribution in [0.2, 0.25) is 0 Å². The second kappa shape index (κ2) is 9.37. The monoisotopic (exact) mass is 394 g/mol. The first kappa shape index (κ1) is 20.6. The van der Waals surface area contributed by atoms with Crippen molar-refractivity contribution >= 4 is 23.5 Å². The highest BCUT2D eigenvalue weighted by atomic mass is 16.5. The Balaban J connectivity index is 1.66. The molecule has 2 amide bonds. The molecule has 1 aliphatic rings. The molecule has 1 N–H and O–H groups in total. The lowest BCUT2D eigenvalue weighted by atomic mass is 9.98. The third kappa shape index (κ3) is 5.22. The molecule has 1 fully saturated rings. The molecule has 6 nitrogen and oxygen atoms in total. The van der Waals surface area contributed by atoms with Crippen LogP contribution in [0.5, 0.6) is 0 Å². The smallest absolute Gasteiger partial charge is 0.338 e. The molecule has 0 bridgehead atoms. The molecule has 3 rings (SSSR count). The van der Waals surface area contributed by atoms with Gasteiger partial charge >= 0.3 is 5.97 Å². The molecule has 2 aromatic rings. The van der Waals surface area contributed by atoms with Crippen molar-refractivity contribution in [2.45, 2.75) is 26.7 Å². The van der Waals surface area contributed by atoms with Crippen LogP contribution >= 0.6 is 0 Å². The topological polar surface area (TPSA) is 75.7 Å². The lowest BCUT2D eigenvalue weighted by molar-refractivity contribution is 0.0526. The zero-order valence-electron chi connectivity index (χ0n) is 16.8. The molecule has 1 heterocycles. The van der Waals surface area contributed by atoms with Crippen LogP contribution in [0.1, 0.15) is 57.8 Å². The van der Waals surface area contributed by atoms with Crippen molar-refractivity contribution in [1.29, 1.82) is 0 Å². The Morgan fingerprint density at radius 2 is 1.66 bits per heavy atom. The van der Waals surface area contributed by atoms with Gasteiger partial charge in [-0.2, -0.15) is 0 Å². The van der Waals surface area contributed by atoms with Crippen molar-refractivity contribution in [3.05, 3.63) is 65.2 Å². The number of hydrogen-bond acceptors (Lipinski definition) is 4. The number of anilines is 1. The Labute approximate surface area is 170 Å². The van der Waals surface area contributed by atoms with Crippen molar-refractivity contribution in [1.82, 2.24) is 4.90 Å². The fraction of sp³-hybridized carbons (Fsp3) is 0.348. The van der Waals surface area contributed by atoms with Crippen LogP contribution in [0, 0.1) is 5.92 Å². The van der Waals surface area contributed by atoms with Gasteiger partial charge in [-0.1, -0.05) is 13.0 Å². The maximum Gasteiger partial charge on any atom is 0.338 e. The Bertz CT molecular complexity index is 884. The third-order valence-electron chi connectivity index (χ3n) is 5.10. The summed E-state index contributed by atoms with van der Waals surface area (Å²) in [4.78, 5) is 38.9. The molecule has 2 aromatic carbocycles. The van der Waals surface area contributed by atoms with Crippen molar-refractivity contribution in [3.63, 3.8) is 0 Å². The quantitative estimate of drug-likeness (QED) is 0.778. The van der Waals surface area contributed by atoms with E-state index in [9.17, 15) is 14.4 Å². The summed E-state index contributed by atoms with van der Waals surface area (Å²) in [5.41, 5.74) is 1.92. The highest BCUT2D eigenvalue weighted by Crippen LogP contribution is 2.19. The summed E-state index contributed by atoms with van der Waals surface area (Å²) >= 11 is 0. The number of hydrogen-bond donors (Lipinski definition) is 1. The number of likely N-dealkylation sites (tertiary alicyclic amines) is 1. The second-order valence-electron chi connectivity index (χ2n) is 7.31. The molecule has 29 heavy (non-hydrogen) atoms. The summed E-state index contributed by atoms with van der Waals surface area (Å²) < 4.78 is 4.95. The Hall–Kier alpha value is -3.15. The predicted octanol–water partition coefficient (Wildman–Crippen LogP) is 3.99. The van der Waals surface area contributed by atoms with E-state index >= 15 is 0 Å². The number of rotatable bonds is 5. The predicted molar refractivity (Wildman–Crippen MR) is 111 cm³/mol. The molecule has 0 spiro atoms. The number of nitrogens with one attached hydrogen (secondary N) is 1. The SMILES string of the molecule is CCOC(=O)c1ccc(NC(=O)c2cccc(C(=O)N3CCC(C)CC3)c2)cc1. The number of piperidine rings is 1. The van der Waals surface area contributed by atoms with Crippen LogP contribution in [0.25, 0.3) is 0 Å². The maximum atomic E-state index is 12.7. The van der Waals surface area contributed by atoms with Gasteiger partial charge in [-0.25, -0.2) is 4.79 Å². The minimum absolute atomic E-state index is 0.0367. The van der Waals surface area contributed by atoms with E-state index < -0.39 is 5.97 Å². The van der Waals surface area contributed by atoms with Crippen LogP contribution in [0.15, 0.2) is 48.5 Å². The number of amides is 2. The van der Waals surface area contributed by atoms with E-state index in [4.69, 9.17) is 4.74 Å². The number of carbonyl (C=O) groups is 3. The van der Waals surface area contributed by atoms with E-state index in [1.165, 1.54) is 0 Å². The molecule has 0 saturated carbocycles. The largest absolute Gasteiger partial charge is 0.462 e. The normalized spacial score (nSPS) is 14.3. The molecule has 0 radical (unpaired) electrons. The Morgan fingerprint density at radius 1 is 1.00 bits per heavy atom. The van der Waals surface area contributed by atoms with Gasteiger partial charge in [0.15, 0.2) is 0 Å². The summed E-state index contributed by atoms with van der Waals surface area (Å²) in [6, 6.07) is 13.3. The summed E-state index contributed by atoms with van der Waals surface area (Å²) in [5, 5.41) is 2.79. The summed E-state index contributed by atoms with van der Waals surface area (Å²) in [6.45, 7) is 5.76. The Kier molecular flexibility index (Phi) is 6.65. The molecule has 1 aliphatic heterocycles. The number of nitrogens with zero attached hydrogens (tertiary/aromatic N) is 1. The van der Waals surface area contributed by atoms with Gasteiger partial charge in [0, 0.05) is 29.9 Å². The van der Waals surface area contributed by atoms with E-state index in [0.717, 1.165) is 25.9 Å². The summed E-state index contributed by atoms with van der Waals surface area (Å²) in [7, 11) is 0. The van der Waals surface area contributed by atoms with Gasteiger partial charge < -0.3 is 15.0 Å². The van der Waals surface area contributed by atoms with E-state index in [1.807, 2.05) is 4.90 Å². The van der Waals surface area contributed by atoms with Crippen LogP contribution in [0.4, 0.5) is 5.69 Å². The molecule has 6 heteroatoms. The van der Waals surface area contributed by atoms with Crippen LogP contribution < -0.4 is 5.32 Å². The number of benzene rings is 2. The van der Waals surface area contributed by atoms with Gasteiger partial charge in [0.2, 0.25) is 0 Å². The van der Waals surface area contributed by atoms with Crippen molar-refractivity contribution in [3.8, 4) is 0 Å². The van der Waals surface area contributed by atoms with Crippen LogP contribution in [-0.4, -0.2) is 42.4 Å². The summed E-state index contributed by atoms with van der Waals surface area (Å²) in [5.74, 6) is -0.101. The highest BCUT2D eigenvalue weighted by Gasteiger charge is 2.22. The van der Waals surface area contributed by atoms with Crippen LogP contribution in [-0.2, 0) is 4.74 Å². The average molecular weight is 394 g/mol. The molecule has 1 saturated heterocycles. The minimum atomic E-state index is -0.399. The minimum Gasteiger partial charge on any atom is -0.462 e. The highest BCUT2D eigenvalue weighted by molar-refractivity contribution is 6.06. The second-order valence-corrected chi connectivity index (χ2v) is 7.31. The van der Waals surface area contributed by atoms with Gasteiger partial charge in [0.05, 0.1) is 12.2 Å². The van der Waals surface area contributed by atoms with Crippen molar-refractivity contribution < 1.29 is 19.1 Å². The molecule has 0 unspecified atom stereocenters. The van der Waals surface area contributed by atoms with Gasteiger partial charge in [0.1, 0.15) is 0 Å². The van der Waals surface area contributed by atoms with Crippen LogP contribution in [0.3, 0.4) is 0 Å². The van der Waals surface area contributed by atoms with Gasteiger partial charge in [-0.05, 0) is 68.1 Å². The standard InChI is InChI=1S/C23H26N2O4/c1-3-29-23(28)17-7-9-20(10-8-17)24-21(26)18-5-4-6-19(15-18)22(27)25-13-11-16(2)12-14-25/h4-10,15-16H,3,11-14H2,1-2H3,(H,24,26). The zero-order valence-corrected chi connectivity index (χ0v) is 16.8. The van der Waals surface area contributed by atoms with Gasteiger partial charge in [0.25, 0.3) is 11.8 Å². The van der Waals surface area contributed by atoms with E-state index in [-0.39, 0.29) is 11.8 Å². The lowest BCUT2D eigenvalue weighted by Crippen LogP contribution is -2.38. The first-order valence-electron chi connectivity index (χ1n) is 9.95. The van der Waals surface area contributed by atoms with E-state index in [2.05, 4.69) is 12.2 Å². The molecule has 0 atom stereocenters. The molecule has 152 valence electrons. The average Bonchev–Trinajstić information content (AvgIpc) is 2.74. The number of esters is 1. The van der Waals surface area contributed by atoms with E-state index in [0.29, 0.717) is 34.9 Å². The third-order valence-corrected chi connectivity index (χ3v) is 5.10. The fourth-order valence-electron chi connectivity index (χ4n) is 3.30. The number of ether oxygens (including phenoxy) is 1. The zero-order chi connectivity index (χ0) is 20.8. The fourth-order valence-corrected chi connectivity index (χ4v) is 3.30.